The van der Waals surface area contributed by atoms with Gasteiger partial charge in [-0.15, -0.1) is 0 Å². The van der Waals surface area contributed by atoms with E-state index in [1.807, 2.05) is 0 Å². The van der Waals surface area contributed by atoms with Gasteiger partial charge >= 0.3 is 14.1 Å². The highest BCUT2D eigenvalue weighted by atomic mass is 19.3. The van der Waals surface area contributed by atoms with Gasteiger partial charge in [0, 0.05) is 26.1 Å². The Kier molecular flexibility index (Phi) is 8.20. The van der Waals surface area contributed by atoms with Gasteiger partial charge < -0.3 is 29.9 Å². The van der Waals surface area contributed by atoms with Crippen molar-refractivity contribution >= 4 is 18.9 Å². The molecular formula is C16H21BF3N2O5. The third kappa shape index (κ3) is 6.60. The van der Waals surface area contributed by atoms with Crippen molar-refractivity contribution in [3.05, 3.63) is 17.7 Å². The predicted octanol–water partition coefficient (Wildman–Crippen LogP) is -0.0202. The van der Waals surface area contributed by atoms with E-state index in [2.05, 4.69) is 15.4 Å². The number of ether oxygens (including phenoxy) is 2. The molecule has 2 rings (SSSR count). The molecule has 27 heavy (non-hydrogen) atoms. The Morgan fingerprint density at radius 3 is 2.67 bits per heavy atom. The summed E-state index contributed by atoms with van der Waals surface area (Å²) in [5.41, 5.74) is 0.106. The van der Waals surface area contributed by atoms with Gasteiger partial charge in [-0.2, -0.15) is 8.78 Å². The molecule has 1 amide bonds. The molecule has 0 aliphatic heterocycles. The molecule has 0 saturated heterocycles. The summed E-state index contributed by atoms with van der Waals surface area (Å²) in [7, 11) is 2.58. The number of carbonyl (C=O) groups is 1. The lowest BCUT2D eigenvalue weighted by molar-refractivity contribution is -0.0502. The molecule has 1 aromatic carbocycles. The highest BCUT2D eigenvalue weighted by Gasteiger charge is 2.39. The number of alkyl halides is 3. The number of halogens is 3. The molecule has 11 heteroatoms. The van der Waals surface area contributed by atoms with Crippen molar-refractivity contribution in [2.24, 2.45) is 0 Å². The fourth-order valence-corrected chi connectivity index (χ4v) is 2.30. The second-order valence-electron chi connectivity index (χ2n) is 5.77. The van der Waals surface area contributed by atoms with E-state index in [4.69, 9.17) is 14.5 Å². The molecule has 0 spiro atoms. The average Bonchev–Trinajstić information content (AvgIpc) is 3.31. The Morgan fingerprint density at radius 1 is 1.37 bits per heavy atom. The normalized spacial score (nSPS) is 18.3. The van der Waals surface area contributed by atoms with Crippen LogP contribution in [0, 0.1) is 0 Å². The van der Waals surface area contributed by atoms with E-state index in [0.717, 1.165) is 0 Å². The fourth-order valence-electron chi connectivity index (χ4n) is 2.30. The zero-order valence-electron chi connectivity index (χ0n) is 14.7. The number of nitrogens with one attached hydrogen (secondary N) is 2. The van der Waals surface area contributed by atoms with Crippen LogP contribution in [0.4, 0.5) is 13.2 Å². The molecule has 7 nitrogen and oxygen atoms in total. The van der Waals surface area contributed by atoms with Crippen molar-refractivity contribution in [2.45, 2.75) is 25.2 Å². The first-order valence-electron chi connectivity index (χ1n) is 8.34. The van der Waals surface area contributed by atoms with Crippen LogP contribution in [-0.2, 0) is 4.65 Å². The quantitative estimate of drug-likeness (QED) is 0.344. The topological polar surface area (TPSA) is 89.1 Å². The van der Waals surface area contributed by atoms with Crippen molar-refractivity contribution in [3.63, 3.8) is 0 Å². The van der Waals surface area contributed by atoms with Gasteiger partial charge in [0.1, 0.15) is 23.2 Å². The average molecular weight is 389 g/mol. The number of aliphatic hydroxyl groups is 1. The van der Waals surface area contributed by atoms with Gasteiger partial charge in [0.15, 0.2) is 0 Å². The molecule has 1 aliphatic rings. The van der Waals surface area contributed by atoms with Crippen LogP contribution < -0.4 is 25.6 Å². The Morgan fingerprint density at radius 2 is 2.07 bits per heavy atom. The summed E-state index contributed by atoms with van der Waals surface area (Å²) in [4.78, 5) is 12.3. The van der Waals surface area contributed by atoms with Crippen molar-refractivity contribution in [2.75, 3.05) is 33.4 Å². The van der Waals surface area contributed by atoms with Crippen LogP contribution in [0.5, 0.6) is 11.5 Å². The molecule has 0 unspecified atom stereocenters. The number of hydrogen-bond acceptors (Lipinski definition) is 6. The minimum atomic E-state index is -3.16. The van der Waals surface area contributed by atoms with Crippen LogP contribution in [0.3, 0.4) is 0 Å². The van der Waals surface area contributed by atoms with Gasteiger partial charge in [-0.3, -0.25) is 4.79 Å². The molecule has 3 N–H and O–H groups in total. The minimum Gasteiger partial charge on any atom is -0.496 e. The third-order valence-corrected chi connectivity index (χ3v) is 3.69. The monoisotopic (exact) mass is 389 g/mol. The number of amides is 1. The van der Waals surface area contributed by atoms with Gasteiger partial charge in [0.25, 0.3) is 5.91 Å². The van der Waals surface area contributed by atoms with E-state index in [-0.39, 0.29) is 30.9 Å². The zero-order chi connectivity index (χ0) is 19.8. The van der Waals surface area contributed by atoms with E-state index in [0.29, 0.717) is 18.6 Å². The first-order valence-corrected chi connectivity index (χ1v) is 8.34. The molecule has 0 bridgehead atoms. The summed E-state index contributed by atoms with van der Waals surface area (Å²) in [5, 5.41) is 14.0. The number of carbonyl (C=O) groups excluding carboxylic acids is 1. The molecule has 1 radical (unpaired) electrons. The Labute approximate surface area is 155 Å². The lowest BCUT2D eigenvalue weighted by Crippen LogP contribution is -2.30. The zero-order valence-corrected chi connectivity index (χ0v) is 14.7. The fraction of sp³-hybridized carbons (Fsp3) is 0.562. The number of rotatable bonds is 12. The highest BCUT2D eigenvalue weighted by molar-refractivity contribution is 6.47. The third-order valence-electron chi connectivity index (χ3n) is 3.69. The number of aliphatic hydroxyl groups excluding tert-OH is 1. The van der Waals surface area contributed by atoms with Crippen molar-refractivity contribution in [3.8, 4) is 11.5 Å². The summed E-state index contributed by atoms with van der Waals surface area (Å²) in [6.07, 6.45) is -0.955. The lowest BCUT2D eigenvalue weighted by Gasteiger charge is -2.16. The molecule has 1 aliphatic carbocycles. The molecule has 0 heterocycles. The minimum absolute atomic E-state index is 0.00275. The van der Waals surface area contributed by atoms with E-state index in [9.17, 15) is 18.0 Å². The largest absolute Gasteiger partial charge is 0.496 e. The van der Waals surface area contributed by atoms with Gasteiger partial charge in [0.2, 0.25) is 0 Å². The van der Waals surface area contributed by atoms with Gasteiger partial charge in [0.05, 0.1) is 19.8 Å². The number of methoxy groups -OCH3 is 1. The maximum absolute atomic E-state index is 13.0. The van der Waals surface area contributed by atoms with Crippen LogP contribution in [-0.4, -0.2) is 70.7 Å². The first-order chi connectivity index (χ1) is 13.0. The summed E-state index contributed by atoms with van der Waals surface area (Å²) < 4.78 is 53.4. The van der Waals surface area contributed by atoms with Crippen LogP contribution in [0.15, 0.2) is 12.1 Å². The van der Waals surface area contributed by atoms with E-state index < -0.39 is 30.5 Å². The molecule has 1 saturated carbocycles. The smallest absolute Gasteiger partial charge is 0.387 e. The van der Waals surface area contributed by atoms with E-state index in [1.54, 1.807) is 0 Å². The standard InChI is InChI=1S/C16H21BF3N2O5/c1-25-12-6-9(17-26-5-3-21-2-4-23)7-13(27-16(19)20)14(12)15(24)22-11-8-10(11)18/h6-7,10-11,16,21,23H,2-5,8H2,1H3,(H,22,24)/t10-,11+/m0/s1. The van der Waals surface area contributed by atoms with Crippen molar-refractivity contribution in [1.82, 2.24) is 10.6 Å². The SMILES string of the molecule is COc1cc([B]OCCNCCO)cc(OC(F)F)c1C(=O)N[C@@H]1C[C@@H]1F. The molecule has 1 aromatic rings. The van der Waals surface area contributed by atoms with E-state index in [1.165, 1.54) is 26.7 Å². The summed E-state index contributed by atoms with van der Waals surface area (Å²) in [5.74, 6) is -1.16. The van der Waals surface area contributed by atoms with Crippen LogP contribution in [0.1, 0.15) is 16.8 Å². The predicted molar refractivity (Wildman–Crippen MR) is 91.7 cm³/mol. The van der Waals surface area contributed by atoms with E-state index >= 15 is 0 Å². The Bertz CT molecular complexity index is 638. The molecule has 149 valence electrons. The van der Waals surface area contributed by atoms with Gasteiger partial charge in [-0.1, -0.05) is 0 Å². The molecule has 1 fully saturated rings. The van der Waals surface area contributed by atoms with Gasteiger partial charge in [-0.05, 0) is 17.6 Å². The maximum atomic E-state index is 13.0. The van der Waals surface area contributed by atoms with Crippen molar-refractivity contribution in [1.29, 1.82) is 0 Å². The lowest BCUT2D eigenvalue weighted by atomic mass is 9.86. The maximum Gasteiger partial charge on any atom is 0.387 e. The van der Waals surface area contributed by atoms with Crippen LogP contribution >= 0.6 is 0 Å². The van der Waals surface area contributed by atoms with Crippen LogP contribution in [0.25, 0.3) is 0 Å². The molecule has 0 aromatic heterocycles. The van der Waals surface area contributed by atoms with Gasteiger partial charge in [-0.25, -0.2) is 4.39 Å². The molecular weight excluding hydrogens is 368 g/mol. The number of hydrogen-bond donors (Lipinski definition) is 3. The summed E-state index contributed by atoms with van der Waals surface area (Å²) >= 11 is 0. The number of benzene rings is 1. The molecule has 2 atom stereocenters. The highest BCUT2D eigenvalue weighted by Crippen LogP contribution is 2.31. The summed E-state index contributed by atoms with van der Waals surface area (Å²) in [6, 6.07) is 2.00. The Hall–Kier alpha value is -1.98. The second kappa shape index (κ2) is 10.4. The van der Waals surface area contributed by atoms with Crippen molar-refractivity contribution < 1.29 is 37.2 Å². The first kappa shape index (κ1) is 21.3. The van der Waals surface area contributed by atoms with Crippen LogP contribution in [0.2, 0.25) is 0 Å². The summed E-state index contributed by atoms with van der Waals surface area (Å²) in [6.45, 7) is -1.98. The Balaban J connectivity index is 2.11. The second-order valence-corrected chi connectivity index (χ2v) is 5.77.